The van der Waals surface area contributed by atoms with Crippen molar-refractivity contribution in [3.8, 4) is 17.2 Å². The number of benzene rings is 3. The summed E-state index contributed by atoms with van der Waals surface area (Å²) in [6, 6.07) is 14.4. The third-order valence-electron chi connectivity index (χ3n) is 12.0. The number of nitrogens with zero attached hydrogens (tertiary/aromatic N) is 4. The number of aliphatic hydroxyl groups is 1. The number of aryl methyl sites for hydroxylation is 1. The van der Waals surface area contributed by atoms with E-state index in [9.17, 15) is 23.9 Å². The van der Waals surface area contributed by atoms with Gasteiger partial charge in [-0.05, 0) is 74.4 Å². The van der Waals surface area contributed by atoms with E-state index in [0.717, 1.165) is 31.5 Å². The van der Waals surface area contributed by atoms with Gasteiger partial charge >= 0.3 is 0 Å². The number of hydrogen-bond donors (Lipinski definition) is 2. The lowest BCUT2D eigenvalue weighted by Crippen LogP contribution is -2.41. The lowest BCUT2D eigenvalue weighted by atomic mass is 9.79. The molecule has 3 saturated heterocycles. The average molecular weight is 789 g/mol. The molecule has 6 atom stereocenters. The molecule has 13 heteroatoms. The normalized spacial score (nSPS) is 23.7. The molecule has 2 bridgehead atoms. The summed E-state index contributed by atoms with van der Waals surface area (Å²) in [4.78, 5) is 20.7. The van der Waals surface area contributed by atoms with Gasteiger partial charge in [-0.2, -0.15) is 5.26 Å². The molecular formula is C42H38Cl2F3N5O3. The van der Waals surface area contributed by atoms with Crippen LogP contribution in [0.3, 0.4) is 0 Å². The van der Waals surface area contributed by atoms with Crippen LogP contribution in [0.5, 0.6) is 0 Å². The number of nitrogens with one attached hydrogen (secondary N) is 1. The second kappa shape index (κ2) is 14.1. The topological polar surface area (TPSA) is 103 Å². The Morgan fingerprint density at radius 3 is 2.55 bits per heavy atom. The smallest absolute Gasteiger partial charge is 0.226 e. The zero-order chi connectivity index (χ0) is 38.3. The van der Waals surface area contributed by atoms with Crippen molar-refractivity contribution in [2.24, 2.45) is 11.8 Å². The first-order valence-electron chi connectivity index (χ1n) is 18.8. The number of aliphatic hydroxyl groups excluding tert-OH is 1. The van der Waals surface area contributed by atoms with Gasteiger partial charge < -0.3 is 24.6 Å². The van der Waals surface area contributed by atoms with Gasteiger partial charge in [-0.1, -0.05) is 41.4 Å². The van der Waals surface area contributed by atoms with E-state index in [2.05, 4.69) is 16.0 Å². The molecule has 3 aliphatic heterocycles. The molecule has 2 N–H and O–H groups in total. The molecule has 2 saturated carbocycles. The highest BCUT2D eigenvalue weighted by Gasteiger charge is 2.51. The molecule has 1 amide bonds. The number of likely N-dealkylation sites (tertiary alicyclic amines) is 1. The second-order valence-corrected chi connectivity index (χ2v) is 16.2. The van der Waals surface area contributed by atoms with E-state index < -0.39 is 35.7 Å². The van der Waals surface area contributed by atoms with Crippen LogP contribution in [0.4, 0.5) is 13.2 Å². The van der Waals surface area contributed by atoms with Crippen molar-refractivity contribution in [2.45, 2.75) is 82.4 Å². The van der Waals surface area contributed by atoms with E-state index in [4.69, 9.17) is 32.9 Å². The number of fused-ring (bicyclic) bond motifs is 4. The first-order valence-corrected chi connectivity index (χ1v) is 19.6. The van der Waals surface area contributed by atoms with Crippen LogP contribution >= 0.6 is 23.2 Å². The molecule has 0 radical (unpaired) electrons. The Morgan fingerprint density at radius 1 is 1.11 bits per heavy atom. The van der Waals surface area contributed by atoms with Crippen LogP contribution < -0.4 is 5.32 Å². The molecule has 2 aliphatic carbocycles. The van der Waals surface area contributed by atoms with Crippen LogP contribution in [-0.4, -0.2) is 50.7 Å². The quantitative estimate of drug-likeness (QED) is 0.147. The first-order chi connectivity index (χ1) is 26.5. The van der Waals surface area contributed by atoms with E-state index in [1.165, 1.54) is 18.2 Å². The fourth-order valence-electron chi connectivity index (χ4n) is 9.17. The Bertz CT molecular complexity index is 2390. The Labute approximate surface area is 325 Å². The molecular weight excluding hydrogens is 750 g/mol. The number of nitriles is 1. The Morgan fingerprint density at radius 2 is 1.87 bits per heavy atom. The molecule has 5 fully saturated rings. The van der Waals surface area contributed by atoms with Crippen molar-refractivity contribution in [3.05, 3.63) is 98.5 Å². The number of aromatic nitrogens is 2. The highest BCUT2D eigenvalue weighted by molar-refractivity contribution is 6.43. The fraction of sp³-hybridized carbons (Fsp3) is 0.405. The number of carbonyl (C=O) groups excluding carboxylic acids is 1. The monoisotopic (exact) mass is 787 g/mol. The second-order valence-electron chi connectivity index (χ2n) is 15.4. The predicted octanol–water partition coefficient (Wildman–Crippen LogP) is 8.89. The number of ether oxygens (including phenoxy) is 1. The molecule has 0 spiro atoms. The largest absolute Gasteiger partial charge is 0.387 e. The maximum Gasteiger partial charge on any atom is 0.226 e. The summed E-state index contributed by atoms with van der Waals surface area (Å²) < 4.78 is 55.0. The van der Waals surface area contributed by atoms with Crippen LogP contribution in [0.2, 0.25) is 10.0 Å². The zero-order valence-corrected chi connectivity index (χ0v) is 31.5. The van der Waals surface area contributed by atoms with Crippen LogP contribution in [0.15, 0.2) is 48.5 Å². The third-order valence-corrected chi connectivity index (χ3v) is 12.8. The summed E-state index contributed by atoms with van der Waals surface area (Å²) in [5.74, 6) is -1.85. The molecule has 1 unspecified atom stereocenters. The van der Waals surface area contributed by atoms with Crippen molar-refractivity contribution in [3.63, 3.8) is 0 Å². The van der Waals surface area contributed by atoms with E-state index in [0.29, 0.717) is 33.8 Å². The lowest BCUT2D eigenvalue weighted by Gasteiger charge is -2.39. The lowest BCUT2D eigenvalue weighted by molar-refractivity contribution is -0.134. The summed E-state index contributed by atoms with van der Waals surface area (Å²) in [6.07, 6.45) is 1.68. The van der Waals surface area contributed by atoms with Gasteiger partial charge in [0, 0.05) is 71.0 Å². The summed E-state index contributed by atoms with van der Waals surface area (Å²) in [6.45, 7) is 2.35. The standard InChI is InChI=1S/C42H38Cl2F3N5O3/c1-20(53)38-27-16-34(33-15-24(18-51(33)42(54)21-10-11-21)55-19-28-30(45)8-3-9-31(28)46)52(40-23-14-32(40)49-17-23)41(27)26-13-22(5-4-12-48)35(37(47)39(26)50-38)25-6-2-7-29(43)36(25)44/h2-3,6-9,13,16,20-21,23-24,32-33,40,49,53H,4-5,10-11,14-15,17-19H2,1H3/t20?,23-,24+,32-,33-,40+/m1/s1. The van der Waals surface area contributed by atoms with Crippen molar-refractivity contribution in [1.82, 2.24) is 19.8 Å². The van der Waals surface area contributed by atoms with Crippen molar-refractivity contribution in [1.29, 1.82) is 5.26 Å². The minimum absolute atomic E-state index is 0.00583. The number of pyridine rings is 1. The highest BCUT2D eigenvalue weighted by atomic mass is 35.5. The fourth-order valence-corrected chi connectivity index (χ4v) is 9.56. The third kappa shape index (κ3) is 6.09. The van der Waals surface area contributed by atoms with E-state index >= 15 is 4.39 Å². The van der Waals surface area contributed by atoms with Crippen LogP contribution in [0.1, 0.15) is 79.7 Å². The summed E-state index contributed by atoms with van der Waals surface area (Å²) in [7, 11) is 0. The molecule has 2 aromatic heterocycles. The molecule has 5 heterocycles. The Hall–Kier alpha value is -4.18. The minimum atomic E-state index is -1.08. The number of halogens is 5. The predicted molar refractivity (Wildman–Crippen MR) is 203 cm³/mol. The molecule has 55 heavy (non-hydrogen) atoms. The number of hydrogen-bond acceptors (Lipinski definition) is 6. The van der Waals surface area contributed by atoms with Gasteiger partial charge in [0.25, 0.3) is 0 Å². The Balaban J connectivity index is 1.26. The number of amides is 1. The molecule has 8 nitrogen and oxygen atoms in total. The molecule has 3 aromatic carbocycles. The van der Waals surface area contributed by atoms with E-state index in [-0.39, 0.29) is 88.2 Å². The molecule has 10 rings (SSSR count). The molecule has 5 aliphatic rings. The van der Waals surface area contributed by atoms with Crippen LogP contribution in [0.25, 0.3) is 32.9 Å². The number of carbonyl (C=O) groups is 1. The van der Waals surface area contributed by atoms with Crippen molar-refractivity contribution < 1.29 is 27.8 Å². The summed E-state index contributed by atoms with van der Waals surface area (Å²) >= 11 is 13.1. The van der Waals surface area contributed by atoms with Gasteiger partial charge in [-0.3, -0.25) is 4.79 Å². The van der Waals surface area contributed by atoms with Gasteiger partial charge in [-0.15, -0.1) is 0 Å². The van der Waals surface area contributed by atoms with Crippen LogP contribution in [0, 0.1) is 40.6 Å². The first kappa shape index (κ1) is 36.5. The summed E-state index contributed by atoms with van der Waals surface area (Å²) in [5.41, 5.74) is 2.81. The maximum absolute atomic E-state index is 17.4. The van der Waals surface area contributed by atoms with E-state index in [1.54, 1.807) is 25.1 Å². The Kier molecular flexibility index (Phi) is 9.34. The van der Waals surface area contributed by atoms with Gasteiger partial charge in [0.05, 0.1) is 58.2 Å². The molecule has 284 valence electrons. The van der Waals surface area contributed by atoms with Gasteiger partial charge in [0.1, 0.15) is 17.2 Å². The zero-order valence-electron chi connectivity index (χ0n) is 30.0. The number of rotatable bonds is 10. The SMILES string of the molecule is CC(O)c1nc2c(F)c(-c3cccc(Cl)c3Cl)c(CCC#N)cc2c2c1cc([C@H]1C[C@H](OCc3c(F)cccc3F)CN1C(=O)C1CC1)n2[C@H]1[C@H]2CN[C@@H]1C2. The van der Waals surface area contributed by atoms with Crippen molar-refractivity contribution in [2.75, 3.05) is 13.1 Å². The average Bonchev–Trinajstić information content (AvgIpc) is 3.44. The highest BCUT2D eigenvalue weighted by Crippen LogP contribution is 2.52. The molecule has 5 aromatic rings. The van der Waals surface area contributed by atoms with E-state index in [1.807, 2.05) is 17.0 Å². The maximum atomic E-state index is 17.4. The minimum Gasteiger partial charge on any atom is -0.387 e. The van der Waals surface area contributed by atoms with Gasteiger partial charge in [0.2, 0.25) is 5.91 Å². The van der Waals surface area contributed by atoms with Crippen molar-refractivity contribution >= 4 is 50.9 Å². The van der Waals surface area contributed by atoms with Gasteiger partial charge in [0.15, 0.2) is 5.82 Å². The summed E-state index contributed by atoms with van der Waals surface area (Å²) in [5, 5.41) is 26.1. The van der Waals surface area contributed by atoms with Gasteiger partial charge in [-0.25, -0.2) is 18.2 Å². The van der Waals surface area contributed by atoms with Crippen LogP contribution in [-0.2, 0) is 22.6 Å².